The average molecular weight is 317 g/mol. The summed E-state index contributed by atoms with van der Waals surface area (Å²) in [4.78, 5) is 17.4. The first-order valence-corrected chi connectivity index (χ1v) is 8.68. The molecule has 2 fully saturated rings. The lowest BCUT2D eigenvalue weighted by Crippen LogP contribution is -2.52. The van der Waals surface area contributed by atoms with Crippen LogP contribution in [-0.4, -0.2) is 60.1 Å². The molecule has 0 aromatic heterocycles. The Hall–Kier alpha value is -1.59. The van der Waals surface area contributed by atoms with Crippen molar-refractivity contribution in [3.63, 3.8) is 0 Å². The number of phenolic OH excluding ortho intramolecular Hbond substituents is 1. The van der Waals surface area contributed by atoms with E-state index in [1.165, 1.54) is 6.42 Å². The number of amides is 1. The number of rotatable bonds is 3. The van der Waals surface area contributed by atoms with Crippen molar-refractivity contribution in [3.8, 4) is 5.75 Å². The van der Waals surface area contributed by atoms with Gasteiger partial charge in [-0.05, 0) is 31.4 Å². The SMILES string of the molecule is CC1CCCN(C(C(=O)N2CCNCC2)c2ccccc2O)C1. The second kappa shape index (κ2) is 7.32. The number of nitrogens with zero attached hydrogens (tertiary/aromatic N) is 2. The van der Waals surface area contributed by atoms with Crippen LogP contribution in [0.5, 0.6) is 5.75 Å². The Morgan fingerprint density at radius 2 is 2.00 bits per heavy atom. The molecule has 0 radical (unpaired) electrons. The first-order chi connectivity index (χ1) is 11.2. The first-order valence-electron chi connectivity index (χ1n) is 8.68. The van der Waals surface area contributed by atoms with Gasteiger partial charge in [0.1, 0.15) is 11.8 Å². The molecule has 2 atom stereocenters. The Kier molecular flexibility index (Phi) is 5.18. The quantitative estimate of drug-likeness (QED) is 0.889. The third-order valence-corrected chi connectivity index (χ3v) is 4.95. The third kappa shape index (κ3) is 3.67. The predicted octanol–water partition coefficient (Wildman–Crippen LogP) is 1.60. The number of nitrogens with one attached hydrogen (secondary N) is 1. The van der Waals surface area contributed by atoms with Crippen LogP contribution in [0.4, 0.5) is 0 Å². The van der Waals surface area contributed by atoms with E-state index in [1.54, 1.807) is 6.07 Å². The Labute approximate surface area is 138 Å². The van der Waals surface area contributed by atoms with Gasteiger partial charge in [0.25, 0.3) is 0 Å². The number of benzene rings is 1. The van der Waals surface area contributed by atoms with Gasteiger partial charge in [-0.15, -0.1) is 0 Å². The summed E-state index contributed by atoms with van der Waals surface area (Å²) in [5, 5.41) is 13.6. The first kappa shape index (κ1) is 16.3. The van der Waals surface area contributed by atoms with E-state index in [9.17, 15) is 9.90 Å². The molecule has 23 heavy (non-hydrogen) atoms. The van der Waals surface area contributed by atoms with Gasteiger partial charge < -0.3 is 15.3 Å². The maximum atomic E-state index is 13.2. The van der Waals surface area contributed by atoms with Gasteiger partial charge in [0.05, 0.1) is 0 Å². The second-order valence-corrected chi connectivity index (χ2v) is 6.78. The van der Waals surface area contributed by atoms with Gasteiger partial charge in [0.15, 0.2) is 0 Å². The molecular formula is C18H27N3O2. The molecule has 2 aliphatic rings. The van der Waals surface area contributed by atoms with E-state index in [2.05, 4.69) is 17.1 Å². The number of carbonyl (C=O) groups excluding carboxylic acids is 1. The number of hydrogen-bond acceptors (Lipinski definition) is 4. The summed E-state index contributed by atoms with van der Waals surface area (Å²) in [6.45, 7) is 7.24. The highest BCUT2D eigenvalue weighted by molar-refractivity contribution is 5.84. The van der Waals surface area contributed by atoms with Crippen LogP contribution < -0.4 is 5.32 Å². The number of piperidine rings is 1. The zero-order valence-corrected chi connectivity index (χ0v) is 13.9. The Balaban J connectivity index is 1.89. The van der Waals surface area contributed by atoms with Crippen molar-refractivity contribution in [2.45, 2.75) is 25.8 Å². The average Bonchev–Trinajstić information content (AvgIpc) is 2.58. The van der Waals surface area contributed by atoms with E-state index in [4.69, 9.17) is 0 Å². The lowest BCUT2D eigenvalue weighted by molar-refractivity contribution is -0.138. The Morgan fingerprint density at radius 3 is 2.70 bits per heavy atom. The number of para-hydroxylation sites is 1. The van der Waals surface area contributed by atoms with Crippen LogP contribution in [0.25, 0.3) is 0 Å². The maximum Gasteiger partial charge on any atom is 0.244 e. The number of carbonyl (C=O) groups is 1. The fourth-order valence-corrected chi connectivity index (χ4v) is 3.72. The third-order valence-electron chi connectivity index (χ3n) is 4.95. The van der Waals surface area contributed by atoms with E-state index in [0.717, 1.165) is 51.3 Å². The smallest absolute Gasteiger partial charge is 0.244 e. The van der Waals surface area contributed by atoms with Crippen LogP contribution in [-0.2, 0) is 4.79 Å². The fourth-order valence-electron chi connectivity index (χ4n) is 3.72. The molecule has 1 aromatic carbocycles. The number of phenols is 1. The summed E-state index contributed by atoms with van der Waals surface area (Å²) in [6, 6.07) is 6.92. The Bertz CT molecular complexity index is 543. The van der Waals surface area contributed by atoms with Crippen molar-refractivity contribution in [2.75, 3.05) is 39.3 Å². The summed E-state index contributed by atoms with van der Waals surface area (Å²) >= 11 is 0. The van der Waals surface area contributed by atoms with Gasteiger partial charge in [-0.1, -0.05) is 25.1 Å². The largest absolute Gasteiger partial charge is 0.508 e. The topological polar surface area (TPSA) is 55.8 Å². The minimum absolute atomic E-state index is 0.127. The molecule has 2 heterocycles. The molecule has 2 N–H and O–H groups in total. The molecular weight excluding hydrogens is 290 g/mol. The summed E-state index contributed by atoms with van der Waals surface area (Å²) in [5.41, 5.74) is 0.741. The molecule has 5 heteroatoms. The molecule has 3 rings (SSSR count). The highest BCUT2D eigenvalue weighted by atomic mass is 16.3. The summed E-state index contributed by atoms with van der Waals surface area (Å²) < 4.78 is 0. The van der Waals surface area contributed by atoms with Crippen LogP contribution in [0.15, 0.2) is 24.3 Å². The normalized spacial score (nSPS) is 24.4. The summed E-state index contributed by atoms with van der Waals surface area (Å²) in [6.07, 6.45) is 2.33. The van der Waals surface area contributed by atoms with Gasteiger partial charge in [0, 0.05) is 38.3 Å². The molecule has 1 amide bonds. The fraction of sp³-hybridized carbons (Fsp3) is 0.611. The van der Waals surface area contributed by atoms with Crippen LogP contribution >= 0.6 is 0 Å². The molecule has 5 nitrogen and oxygen atoms in total. The molecule has 2 saturated heterocycles. The molecule has 0 aliphatic carbocycles. The number of likely N-dealkylation sites (tertiary alicyclic amines) is 1. The minimum atomic E-state index is -0.364. The van der Waals surface area contributed by atoms with Crippen LogP contribution in [0.3, 0.4) is 0 Å². The van der Waals surface area contributed by atoms with Crippen molar-refractivity contribution in [2.24, 2.45) is 5.92 Å². The van der Waals surface area contributed by atoms with Crippen molar-refractivity contribution in [1.82, 2.24) is 15.1 Å². The van der Waals surface area contributed by atoms with Crippen molar-refractivity contribution >= 4 is 5.91 Å². The van der Waals surface area contributed by atoms with Gasteiger partial charge in [-0.3, -0.25) is 9.69 Å². The van der Waals surface area contributed by atoms with E-state index >= 15 is 0 Å². The highest BCUT2D eigenvalue weighted by Gasteiger charge is 2.35. The van der Waals surface area contributed by atoms with Gasteiger partial charge >= 0.3 is 0 Å². The lowest BCUT2D eigenvalue weighted by atomic mass is 9.95. The number of aromatic hydroxyl groups is 1. The van der Waals surface area contributed by atoms with E-state index in [0.29, 0.717) is 5.92 Å². The predicted molar refractivity (Wildman–Crippen MR) is 90.3 cm³/mol. The van der Waals surface area contributed by atoms with Crippen LogP contribution in [0, 0.1) is 5.92 Å². The molecule has 0 bridgehead atoms. The standard InChI is InChI=1S/C18H27N3O2/c1-14-5-4-10-21(13-14)17(15-6-2-3-7-16(15)22)18(23)20-11-8-19-9-12-20/h2-3,6-7,14,17,19,22H,4-5,8-13H2,1H3. The van der Waals surface area contributed by atoms with Crippen molar-refractivity contribution in [1.29, 1.82) is 0 Å². The molecule has 0 spiro atoms. The zero-order chi connectivity index (χ0) is 16.2. The monoisotopic (exact) mass is 317 g/mol. The molecule has 1 aromatic rings. The highest BCUT2D eigenvalue weighted by Crippen LogP contribution is 2.33. The lowest BCUT2D eigenvalue weighted by Gasteiger charge is -2.40. The minimum Gasteiger partial charge on any atom is -0.508 e. The van der Waals surface area contributed by atoms with Crippen molar-refractivity contribution < 1.29 is 9.90 Å². The molecule has 0 saturated carbocycles. The van der Waals surface area contributed by atoms with Gasteiger partial charge in [-0.2, -0.15) is 0 Å². The molecule has 2 unspecified atom stereocenters. The maximum absolute atomic E-state index is 13.2. The van der Waals surface area contributed by atoms with E-state index in [1.807, 2.05) is 23.1 Å². The summed E-state index contributed by atoms with van der Waals surface area (Å²) in [7, 11) is 0. The molecule has 2 aliphatic heterocycles. The van der Waals surface area contributed by atoms with Gasteiger partial charge in [-0.25, -0.2) is 0 Å². The van der Waals surface area contributed by atoms with Crippen LogP contribution in [0.1, 0.15) is 31.4 Å². The van der Waals surface area contributed by atoms with E-state index in [-0.39, 0.29) is 17.7 Å². The summed E-state index contributed by atoms with van der Waals surface area (Å²) in [5.74, 6) is 0.939. The zero-order valence-electron chi connectivity index (χ0n) is 13.9. The van der Waals surface area contributed by atoms with Gasteiger partial charge in [0.2, 0.25) is 5.91 Å². The number of piperazine rings is 1. The van der Waals surface area contributed by atoms with E-state index < -0.39 is 0 Å². The Morgan fingerprint density at radius 1 is 1.26 bits per heavy atom. The second-order valence-electron chi connectivity index (χ2n) is 6.78. The van der Waals surface area contributed by atoms with Crippen molar-refractivity contribution in [3.05, 3.63) is 29.8 Å². The number of hydrogen-bond donors (Lipinski definition) is 2. The molecule has 126 valence electrons. The van der Waals surface area contributed by atoms with Crippen LogP contribution in [0.2, 0.25) is 0 Å².